The molecule has 0 bridgehead atoms. The maximum absolute atomic E-state index is 11.8. The number of nitrogens with zero attached hydrogens (tertiary/aromatic N) is 1. The zero-order valence-corrected chi connectivity index (χ0v) is 12.3. The zero-order chi connectivity index (χ0) is 14.4. The topological polar surface area (TPSA) is 75.4 Å². The fraction of sp³-hybridized carbons (Fsp3) is 0.857. The van der Waals surface area contributed by atoms with Gasteiger partial charge >= 0.3 is 0 Å². The molecule has 0 heterocycles. The first-order valence-electron chi connectivity index (χ1n) is 7.16. The molecule has 3 atom stereocenters. The highest BCUT2D eigenvalue weighted by atomic mass is 16.2. The number of nitrogens with two attached hydrogens (primary N) is 1. The molecule has 0 spiro atoms. The summed E-state index contributed by atoms with van der Waals surface area (Å²) in [6, 6.07) is -0.146. The number of rotatable bonds is 5. The van der Waals surface area contributed by atoms with E-state index in [1.165, 1.54) is 17.7 Å². The molecular formula is C14H27N3O2. The Bertz CT molecular complexity index is 318. The molecule has 1 fully saturated rings. The minimum Gasteiger partial charge on any atom is -0.347 e. The maximum atomic E-state index is 11.8. The van der Waals surface area contributed by atoms with Gasteiger partial charge in [0.15, 0.2) is 0 Å². The Kier molecular flexibility index (Phi) is 6.28. The number of hydrogen-bond donors (Lipinski definition) is 2. The van der Waals surface area contributed by atoms with E-state index < -0.39 is 6.04 Å². The van der Waals surface area contributed by atoms with E-state index in [4.69, 9.17) is 5.73 Å². The van der Waals surface area contributed by atoms with Gasteiger partial charge in [0.2, 0.25) is 11.8 Å². The largest absolute Gasteiger partial charge is 0.347 e. The highest BCUT2D eigenvalue weighted by Gasteiger charge is 2.21. The van der Waals surface area contributed by atoms with Gasteiger partial charge in [-0.3, -0.25) is 9.59 Å². The van der Waals surface area contributed by atoms with Gasteiger partial charge in [-0.25, -0.2) is 0 Å². The van der Waals surface area contributed by atoms with Crippen LogP contribution in [0.4, 0.5) is 0 Å². The highest BCUT2D eigenvalue weighted by Crippen LogP contribution is 2.26. The lowest BCUT2D eigenvalue weighted by atomic mass is 9.83. The number of carbonyl (C=O) groups excluding carboxylic acids is 2. The summed E-state index contributed by atoms with van der Waals surface area (Å²) in [7, 11) is 3.38. The van der Waals surface area contributed by atoms with E-state index in [1.807, 2.05) is 0 Å². The van der Waals surface area contributed by atoms with Crippen LogP contribution in [-0.2, 0) is 9.59 Å². The molecule has 1 rings (SSSR count). The molecule has 0 aliphatic heterocycles. The summed E-state index contributed by atoms with van der Waals surface area (Å²) in [5.74, 6) is 0.448. The molecule has 0 aromatic rings. The van der Waals surface area contributed by atoms with Gasteiger partial charge in [0, 0.05) is 26.6 Å². The first-order valence-corrected chi connectivity index (χ1v) is 7.16. The van der Waals surface area contributed by atoms with Crippen molar-refractivity contribution in [2.45, 2.75) is 57.5 Å². The predicted molar refractivity (Wildman–Crippen MR) is 75.5 cm³/mol. The summed E-state index contributed by atoms with van der Waals surface area (Å²) < 4.78 is 0. The first kappa shape index (κ1) is 16.0. The minimum absolute atomic E-state index is 0.0400. The smallest absolute Gasteiger partial charge is 0.244 e. The fourth-order valence-electron chi connectivity index (χ4n) is 2.69. The molecule has 110 valence electrons. The standard InChI is InChI=1S/C14H27N3O2/c1-10(14(19)17(2)3)16-13(18)8-7-11-5-4-6-12(15)9-11/h10-12H,4-9,15H2,1-3H3,(H,16,18). The van der Waals surface area contributed by atoms with Crippen LogP contribution in [0.5, 0.6) is 0 Å². The van der Waals surface area contributed by atoms with E-state index in [9.17, 15) is 9.59 Å². The average molecular weight is 269 g/mol. The molecule has 0 aromatic heterocycles. The van der Waals surface area contributed by atoms with E-state index >= 15 is 0 Å². The maximum Gasteiger partial charge on any atom is 0.244 e. The molecule has 3 unspecified atom stereocenters. The second-order valence-electron chi connectivity index (χ2n) is 5.85. The Hall–Kier alpha value is -1.10. The van der Waals surface area contributed by atoms with Crippen molar-refractivity contribution in [1.29, 1.82) is 0 Å². The quantitative estimate of drug-likeness (QED) is 0.778. The van der Waals surface area contributed by atoms with Crippen molar-refractivity contribution in [1.82, 2.24) is 10.2 Å². The molecule has 0 radical (unpaired) electrons. The van der Waals surface area contributed by atoms with Crippen molar-refractivity contribution in [3.05, 3.63) is 0 Å². The number of amides is 2. The van der Waals surface area contributed by atoms with Crippen LogP contribution in [-0.4, -0.2) is 42.9 Å². The Morgan fingerprint density at radius 2 is 2.05 bits per heavy atom. The van der Waals surface area contributed by atoms with E-state index in [1.54, 1.807) is 21.0 Å². The molecule has 1 aliphatic rings. The first-order chi connectivity index (χ1) is 8.90. The van der Waals surface area contributed by atoms with Crippen LogP contribution in [0.2, 0.25) is 0 Å². The van der Waals surface area contributed by atoms with Gasteiger partial charge in [0.1, 0.15) is 6.04 Å². The van der Waals surface area contributed by atoms with Crippen LogP contribution in [0.1, 0.15) is 45.4 Å². The van der Waals surface area contributed by atoms with Gasteiger partial charge in [0.05, 0.1) is 0 Å². The summed E-state index contributed by atoms with van der Waals surface area (Å²) in [5, 5.41) is 2.75. The van der Waals surface area contributed by atoms with Gasteiger partial charge in [-0.1, -0.05) is 12.8 Å². The second kappa shape index (κ2) is 7.48. The van der Waals surface area contributed by atoms with Crippen molar-refractivity contribution in [3.8, 4) is 0 Å². The third-order valence-electron chi connectivity index (χ3n) is 3.79. The molecule has 19 heavy (non-hydrogen) atoms. The van der Waals surface area contributed by atoms with Crippen LogP contribution in [0.3, 0.4) is 0 Å². The summed E-state index contributed by atoms with van der Waals surface area (Å²) in [6.45, 7) is 1.72. The predicted octanol–water partition coefficient (Wildman–Crippen LogP) is 0.877. The Labute approximate surface area is 115 Å². The van der Waals surface area contributed by atoms with Crippen LogP contribution in [0.15, 0.2) is 0 Å². The highest BCUT2D eigenvalue weighted by molar-refractivity contribution is 5.86. The molecule has 1 aliphatic carbocycles. The second-order valence-corrected chi connectivity index (χ2v) is 5.85. The van der Waals surface area contributed by atoms with Crippen molar-refractivity contribution >= 4 is 11.8 Å². The molecule has 5 heteroatoms. The number of likely N-dealkylation sites (N-methyl/N-ethyl adjacent to an activating group) is 1. The minimum atomic E-state index is -0.448. The molecule has 0 aromatic carbocycles. The Morgan fingerprint density at radius 3 is 2.63 bits per heavy atom. The molecule has 1 saturated carbocycles. The van der Waals surface area contributed by atoms with Gasteiger partial charge in [-0.15, -0.1) is 0 Å². The number of nitrogens with one attached hydrogen (secondary N) is 1. The lowest BCUT2D eigenvalue weighted by molar-refractivity contribution is -0.134. The number of hydrogen-bond acceptors (Lipinski definition) is 3. The van der Waals surface area contributed by atoms with Crippen molar-refractivity contribution < 1.29 is 9.59 Å². The van der Waals surface area contributed by atoms with Crippen molar-refractivity contribution in [2.75, 3.05) is 14.1 Å². The average Bonchev–Trinajstić information content (AvgIpc) is 2.35. The lowest BCUT2D eigenvalue weighted by Crippen LogP contribution is -2.44. The van der Waals surface area contributed by atoms with E-state index in [-0.39, 0.29) is 11.8 Å². The van der Waals surface area contributed by atoms with Gasteiger partial charge < -0.3 is 16.0 Å². The van der Waals surface area contributed by atoms with E-state index in [0.29, 0.717) is 18.4 Å². The third kappa shape index (κ3) is 5.59. The monoisotopic (exact) mass is 269 g/mol. The summed E-state index contributed by atoms with van der Waals surface area (Å²) in [5.41, 5.74) is 5.93. The summed E-state index contributed by atoms with van der Waals surface area (Å²) in [6.07, 6.45) is 5.84. The van der Waals surface area contributed by atoms with Gasteiger partial charge in [0.25, 0.3) is 0 Å². The fourth-order valence-corrected chi connectivity index (χ4v) is 2.69. The zero-order valence-electron chi connectivity index (χ0n) is 12.3. The van der Waals surface area contributed by atoms with E-state index in [0.717, 1.165) is 19.3 Å². The SMILES string of the molecule is CC(NC(=O)CCC1CCCC(N)C1)C(=O)N(C)C. The van der Waals surface area contributed by atoms with E-state index in [2.05, 4.69) is 5.32 Å². The van der Waals surface area contributed by atoms with Crippen LogP contribution in [0.25, 0.3) is 0 Å². The normalized spacial score (nSPS) is 24.6. The van der Waals surface area contributed by atoms with Crippen molar-refractivity contribution in [2.24, 2.45) is 11.7 Å². The molecule has 3 N–H and O–H groups in total. The lowest BCUT2D eigenvalue weighted by Gasteiger charge is -2.26. The Balaban J connectivity index is 2.25. The molecule has 2 amide bonds. The van der Waals surface area contributed by atoms with Crippen LogP contribution in [0, 0.1) is 5.92 Å². The van der Waals surface area contributed by atoms with Gasteiger partial charge in [-0.2, -0.15) is 0 Å². The van der Waals surface area contributed by atoms with Crippen molar-refractivity contribution in [3.63, 3.8) is 0 Å². The summed E-state index contributed by atoms with van der Waals surface area (Å²) in [4.78, 5) is 24.9. The van der Waals surface area contributed by atoms with Gasteiger partial charge in [-0.05, 0) is 32.1 Å². The Morgan fingerprint density at radius 1 is 1.37 bits per heavy atom. The van der Waals surface area contributed by atoms with Crippen LogP contribution >= 0.6 is 0 Å². The van der Waals surface area contributed by atoms with Crippen LogP contribution < -0.4 is 11.1 Å². The number of carbonyl (C=O) groups is 2. The molecular weight excluding hydrogens is 242 g/mol. The summed E-state index contributed by atoms with van der Waals surface area (Å²) >= 11 is 0. The molecule has 5 nitrogen and oxygen atoms in total. The molecule has 0 saturated heterocycles. The third-order valence-corrected chi connectivity index (χ3v) is 3.79.